The molecule has 2 aromatic carbocycles. The van der Waals surface area contributed by atoms with Crippen LogP contribution in [-0.2, 0) is 7.05 Å². The summed E-state index contributed by atoms with van der Waals surface area (Å²) in [5, 5.41) is 18.7. The van der Waals surface area contributed by atoms with E-state index in [1.165, 1.54) is 6.21 Å². The number of carboxylic acids is 1. The van der Waals surface area contributed by atoms with Gasteiger partial charge in [0.1, 0.15) is 0 Å². The fourth-order valence-electron chi connectivity index (χ4n) is 3.17. The molecule has 2 N–H and O–H groups in total. The molecule has 0 amide bonds. The van der Waals surface area contributed by atoms with Crippen LogP contribution in [0.25, 0.3) is 27.9 Å². The Morgan fingerprint density at radius 2 is 2.05 bits per heavy atom. The molecule has 0 spiro atoms. The maximum atomic E-state index is 11.2. The number of hydrogen-bond acceptors (Lipinski definition) is 2. The molecule has 4 heteroatoms. The number of benzene rings is 2. The van der Waals surface area contributed by atoms with Crippen molar-refractivity contribution in [2.75, 3.05) is 0 Å². The van der Waals surface area contributed by atoms with Crippen LogP contribution < -0.4 is 0 Å². The molecular weight excluding hydrogens is 276 g/mol. The number of aromatic nitrogens is 1. The molecule has 0 fully saturated rings. The van der Waals surface area contributed by atoms with Crippen molar-refractivity contribution in [2.24, 2.45) is 7.05 Å². The lowest BCUT2D eigenvalue weighted by molar-refractivity contribution is 0.0697. The second-order valence-electron chi connectivity index (χ2n) is 5.35. The zero-order chi connectivity index (χ0) is 16.0. The third-order valence-electron chi connectivity index (χ3n) is 4.22. The Balaban J connectivity index is 2.56. The van der Waals surface area contributed by atoms with E-state index in [2.05, 4.69) is 11.1 Å². The summed E-state index contributed by atoms with van der Waals surface area (Å²) >= 11 is 0. The minimum absolute atomic E-state index is 0.266. The van der Waals surface area contributed by atoms with Gasteiger partial charge in [-0.05, 0) is 42.3 Å². The van der Waals surface area contributed by atoms with Gasteiger partial charge in [-0.1, -0.05) is 12.7 Å². The molecular formula is C18H16N2O2. The molecule has 3 rings (SSSR count). The van der Waals surface area contributed by atoms with Gasteiger partial charge in [0.15, 0.2) is 0 Å². The minimum atomic E-state index is -0.939. The summed E-state index contributed by atoms with van der Waals surface area (Å²) in [6.07, 6.45) is 3.07. The maximum absolute atomic E-state index is 11.2. The van der Waals surface area contributed by atoms with Gasteiger partial charge in [-0.25, -0.2) is 4.79 Å². The lowest BCUT2D eigenvalue weighted by Crippen LogP contribution is -1.96. The quantitative estimate of drug-likeness (QED) is 0.717. The largest absolute Gasteiger partial charge is 0.478 e. The van der Waals surface area contributed by atoms with Gasteiger partial charge in [-0.15, -0.1) is 0 Å². The predicted octanol–water partition coefficient (Wildman–Crippen LogP) is 3.98. The van der Waals surface area contributed by atoms with Crippen molar-refractivity contribution in [1.29, 1.82) is 5.41 Å². The number of aromatic carboxylic acids is 1. The molecule has 0 aliphatic heterocycles. The standard InChI is InChI=1S/C18H16N2O2/c1-4-13-10(2)17-15(8-12(13)9-19)14-7-11(18(21)22)5-6-16(14)20(17)3/h4-9,19H,1H2,2-3H3,(H,21,22). The third kappa shape index (κ3) is 1.77. The van der Waals surface area contributed by atoms with Crippen LogP contribution in [0.5, 0.6) is 0 Å². The lowest BCUT2D eigenvalue weighted by atomic mass is 9.98. The highest BCUT2D eigenvalue weighted by Gasteiger charge is 2.16. The Morgan fingerprint density at radius 3 is 2.64 bits per heavy atom. The van der Waals surface area contributed by atoms with E-state index in [0.717, 1.165) is 38.5 Å². The monoisotopic (exact) mass is 292 g/mol. The van der Waals surface area contributed by atoms with Crippen LogP contribution in [0.4, 0.5) is 0 Å². The minimum Gasteiger partial charge on any atom is -0.478 e. The number of hydrogen-bond donors (Lipinski definition) is 2. The molecule has 1 heterocycles. The Kier molecular flexibility index (Phi) is 3.10. The fourth-order valence-corrected chi connectivity index (χ4v) is 3.17. The summed E-state index contributed by atoms with van der Waals surface area (Å²) in [5.41, 5.74) is 5.04. The Morgan fingerprint density at radius 1 is 1.32 bits per heavy atom. The van der Waals surface area contributed by atoms with Gasteiger partial charge in [0.05, 0.1) is 11.1 Å². The number of rotatable bonds is 3. The van der Waals surface area contributed by atoms with Crippen molar-refractivity contribution < 1.29 is 9.90 Å². The van der Waals surface area contributed by atoms with Crippen LogP contribution in [0.15, 0.2) is 30.8 Å². The number of carboxylic acid groups (broad SMARTS) is 1. The zero-order valence-corrected chi connectivity index (χ0v) is 12.5. The number of fused-ring (bicyclic) bond motifs is 3. The summed E-state index contributed by atoms with van der Waals surface area (Å²) in [4.78, 5) is 11.2. The molecule has 0 atom stereocenters. The summed E-state index contributed by atoms with van der Waals surface area (Å²) in [6, 6.07) is 7.07. The average Bonchev–Trinajstić information content (AvgIpc) is 2.79. The van der Waals surface area contributed by atoms with E-state index >= 15 is 0 Å². The van der Waals surface area contributed by atoms with Crippen molar-refractivity contribution in [2.45, 2.75) is 6.92 Å². The van der Waals surface area contributed by atoms with Gasteiger partial charge in [0.2, 0.25) is 0 Å². The van der Waals surface area contributed by atoms with Crippen molar-refractivity contribution in [1.82, 2.24) is 4.57 Å². The summed E-state index contributed by atoms with van der Waals surface area (Å²) in [6.45, 7) is 5.84. The first-order valence-electron chi connectivity index (χ1n) is 6.91. The van der Waals surface area contributed by atoms with E-state index in [1.807, 2.05) is 26.1 Å². The number of carbonyl (C=O) groups is 1. The van der Waals surface area contributed by atoms with Gasteiger partial charge in [-0.2, -0.15) is 0 Å². The molecule has 3 aromatic rings. The lowest BCUT2D eigenvalue weighted by Gasteiger charge is -2.09. The molecule has 22 heavy (non-hydrogen) atoms. The SMILES string of the molecule is C=Cc1c(C=N)cc2c3cc(C(=O)O)ccc3n(C)c2c1C. The van der Waals surface area contributed by atoms with E-state index in [4.69, 9.17) is 5.41 Å². The van der Waals surface area contributed by atoms with E-state index in [-0.39, 0.29) is 5.56 Å². The third-order valence-corrected chi connectivity index (χ3v) is 4.22. The molecule has 0 saturated heterocycles. The summed E-state index contributed by atoms with van der Waals surface area (Å²) < 4.78 is 2.06. The molecule has 0 radical (unpaired) electrons. The normalized spacial score (nSPS) is 11.0. The highest BCUT2D eigenvalue weighted by molar-refractivity contribution is 6.13. The Bertz CT molecular complexity index is 965. The highest BCUT2D eigenvalue weighted by Crippen LogP contribution is 2.34. The molecule has 0 saturated carbocycles. The van der Waals surface area contributed by atoms with Gasteiger partial charge in [0, 0.05) is 35.1 Å². The maximum Gasteiger partial charge on any atom is 0.335 e. The average molecular weight is 292 g/mol. The second kappa shape index (κ2) is 4.84. The molecule has 0 bridgehead atoms. The first-order chi connectivity index (χ1) is 10.5. The number of aryl methyl sites for hydroxylation is 2. The van der Waals surface area contributed by atoms with Gasteiger partial charge in [-0.3, -0.25) is 0 Å². The van der Waals surface area contributed by atoms with E-state index in [9.17, 15) is 9.90 Å². The highest BCUT2D eigenvalue weighted by atomic mass is 16.4. The van der Waals surface area contributed by atoms with E-state index in [0.29, 0.717) is 0 Å². The van der Waals surface area contributed by atoms with Crippen molar-refractivity contribution in [3.8, 4) is 0 Å². The molecule has 0 unspecified atom stereocenters. The first kappa shape index (κ1) is 14.1. The Hall–Kier alpha value is -2.88. The number of nitrogens with one attached hydrogen (secondary N) is 1. The summed E-state index contributed by atoms with van der Waals surface area (Å²) in [7, 11) is 1.97. The number of nitrogens with zero attached hydrogens (tertiary/aromatic N) is 1. The van der Waals surface area contributed by atoms with Gasteiger partial charge >= 0.3 is 5.97 Å². The van der Waals surface area contributed by atoms with Crippen molar-refractivity contribution in [3.63, 3.8) is 0 Å². The topological polar surface area (TPSA) is 66.1 Å². The smallest absolute Gasteiger partial charge is 0.335 e. The van der Waals surface area contributed by atoms with Gasteiger partial charge in [0.25, 0.3) is 0 Å². The Labute approximate surface area is 127 Å². The first-order valence-corrected chi connectivity index (χ1v) is 6.91. The molecule has 4 nitrogen and oxygen atoms in total. The predicted molar refractivity (Wildman–Crippen MR) is 90.1 cm³/mol. The van der Waals surface area contributed by atoms with Crippen LogP contribution in [0.1, 0.15) is 27.0 Å². The second-order valence-corrected chi connectivity index (χ2v) is 5.35. The molecule has 0 aliphatic carbocycles. The van der Waals surface area contributed by atoms with Crippen molar-refractivity contribution in [3.05, 3.63) is 53.1 Å². The van der Waals surface area contributed by atoms with Gasteiger partial charge < -0.3 is 15.1 Å². The fraction of sp³-hybridized carbons (Fsp3) is 0.111. The van der Waals surface area contributed by atoms with Crippen LogP contribution in [-0.4, -0.2) is 21.9 Å². The zero-order valence-electron chi connectivity index (χ0n) is 12.5. The van der Waals surface area contributed by atoms with Crippen LogP contribution in [0.2, 0.25) is 0 Å². The van der Waals surface area contributed by atoms with Crippen molar-refractivity contribution >= 4 is 40.1 Å². The van der Waals surface area contributed by atoms with Crippen LogP contribution >= 0.6 is 0 Å². The summed E-state index contributed by atoms with van der Waals surface area (Å²) in [5.74, 6) is -0.939. The van der Waals surface area contributed by atoms with Crippen LogP contribution in [0, 0.1) is 12.3 Å². The van der Waals surface area contributed by atoms with E-state index < -0.39 is 5.97 Å². The van der Waals surface area contributed by atoms with Crippen LogP contribution in [0.3, 0.4) is 0 Å². The molecule has 1 aromatic heterocycles. The van der Waals surface area contributed by atoms with E-state index in [1.54, 1.807) is 18.2 Å². The molecule has 0 aliphatic rings. The molecule has 110 valence electrons.